The lowest BCUT2D eigenvalue weighted by molar-refractivity contribution is 0.0931. The molecule has 29 heavy (non-hydrogen) atoms. The highest BCUT2D eigenvalue weighted by molar-refractivity contribution is 7.19. The Kier molecular flexibility index (Phi) is 5.41. The number of hydrogen-bond acceptors (Lipinski definition) is 3. The molecule has 0 aliphatic heterocycles. The van der Waals surface area contributed by atoms with E-state index in [0.717, 1.165) is 27.1 Å². The first-order valence-corrected chi connectivity index (χ1v) is 10.4. The van der Waals surface area contributed by atoms with E-state index in [1.807, 2.05) is 61.5 Å². The van der Waals surface area contributed by atoms with E-state index in [2.05, 4.69) is 28.9 Å². The molecule has 0 saturated carbocycles. The molecule has 0 spiro atoms. The van der Waals surface area contributed by atoms with E-state index in [9.17, 15) is 4.79 Å². The van der Waals surface area contributed by atoms with Gasteiger partial charge in [0.25, 0.3) is 5.91 Å². The summed E-state index contributed by atoms with van der Waals surface area (Å²) in [5.41, 5.74) is 3.95. The largest absolute Gasteiger partial charge is 0.497 e. The van der Waals surface area contributed by atoms with Crippen molar-refractivity contribution in [2.45, 2.75) is 26.4 Å². The quantitative estimate of drug-likeness (QED) is 0.457. The van der Waals surface area contributed by atoms with Crippen molar-refractivity contribution in [2.75, 3.05) is 7.11 Å². The first-order valence-electron chi connectivity index (χ1n) is 9.63. The Balaban J connectivity index is 1.67. The summed E-state index contributed by atoms with van der Waals surface area (Å²) in [5, 5.41) is 3.15. The number of fused-ring (bicyclic) bond motifs is 1. The highest BCUT2D eigenvalue weighted by Crippen LogP contribution is 2.30. The third-order valence-corrected chi connectivity index (χ3v) is 6.05. The van der Waals surface area contributed by atoms with Crippen LogP contribution in [0.4, 0.5) is 0 Å². The number of ether oxygens (including phenoxy) is 1. The topological polar surface area (TPSA) is 43.3 Å². The molecule has 5 heteroatoms. The van der Waals surface area contributed by atoms with Gasteiger partial charge in [-0.2, -0.15) is 0 Å². The predicted octanol–water partition coefficient (Wildman–Crippen LogP) is 5.56. The molecule has 1 amide bonds. The van der Waals surface area contributed by atoms with Gasteiger partial charge in [-0.3, -0.25) is 4.79 Å². The Bertz CT molecular complexity index is 1140. The monoisotopic (exact) mass is 404 g/mol. The molecule has 1 atom stereocenters. The summed E-state index contributed by atoms with van der Waals surface area (Å²) in [5.74, 6) is 0.751. The zero-order valence-electron chi connectivity index (χ0n) is 16.8. The minimum atomic E-state index is -0.0661. The second-order valence-electron chi connectivity index (χ2n) is 7.18. The van der Waals surface area contributed by atoms with Crippen molar-refractivity contribution in [3.05, 3.63) is 88.4 Å². The first kappa shape index (κ1) is 19.3. The Hall–Kier alpha value is -3.05. The molecule has 2 aromatic carbocycles. The van der Waals surface area contributed by atoms with E-state index in [-0.39, 0.29) is 11.9 Å². The lowest BCUT2D eigenvalue weighted by Crippen LogP contribution is -2.28. The molecule has 4 aromatic rings. The smallest absolute Gasteiger partial charge is 0.268 e. The highest BCUT2D eigenvalue weighted by Gasteiger charge is 2.19. The third-order valence-electron chi connectivity index (χ3n) is 5.07. The molecule has 1 N–H and O–H groups in total. The number of amides is 1. The minimum Gasteiger partial charge on any atom is -0.497 e. The molecule has 2 heterocycles. The van der Waals surface area contributed by atoms with Crippen molar-refractivity contribution < 1.29 is 9.53 Å². The summed E-state index contributed by atoms with van der Waals surface area (Å²) in [6, 6.07) is 22.1. The number of benzene rings is 2. The molecule has 0 aliphatic carbocycles. The molecule has 4 rings (SSSR count). The second kappa shape index (κ2) is 8.13. The number of carbonyl (C=O) groups is 1. The van der Waals surface area contributed by atoms with E-state index < -0.39 is 0 Å². The summed E-state index contributed by atoms with van der Waals surface area (Å²) in [7, 11) is 1.67. The first-order chi connectivity index (χ1) is 14.0. The number of thiophene rings is 1. The summed E-state index contributed by atoms with van der Waals surface area (Å²) in [4.78, 5) is 14.4. The van der Waals surface area contributed by atoms with Crippen molar-refractivity contribution in [3.63, 3.8) is 0 Å². The van der Waals surface area contributed by atoms with Crippen molar-refractivity contribution in [2.24, 2.45) is 0 Å². The molecular formula is C24H24N2O2S. The van der Waals surface area contributed by atoms with E-state index in [0.29, 0.717) is 12.2 Å². The average molecular weight is 405 g/mol. The van der Waals surface area contributed by atoms with Gasteiger partial charge in [-0.1, -0.05) is 42.5 Å². The summed E-state index contributed by atoms with van der Waals surface area (Å²) in [6.07, 6.45) is 0. The van der Waals surface area contributed by atoms with Gasteiger partial charge in [-0.25, -0.2) is 0 Å². The van der Waals surface area contributed by atoms with Gasteiger partial charge in [0.2, 0.25) is 0 Å². The standard InChI is InChI=1S/C24H24N2O2S/c1-16-12-21-23(29-16)14-22(24(27)25-17(2)19-9-5-4-6-10-19)26(21)15-18-8-7-11-20(13-18)28-3/h4-14,17H,15H2,1-3H3,(H,25,27)/t17-/m0/s1. The van der Waals surface area contributed by atoms with Gasteiger partial charge in [-0.15, -0.1) is 11.3 Å². The number of methoxy groups -OCH3 is 1. The third kappa shape index (κ3) is 4.05. The SMILES string of the molecule is COc1cccc(Cn2c(C(=O)N[C@@H](C)c3ccccc3)cc3sc(C)cc32)c1. The maximum Gasteiger partial charge on any atom is 0.268 e. The maximum absolute atomic E-state index is 13.2. The Morgan fingerprint density at radius 2 is 1.90 bits per heavy atom. The molecule has 148 valence electrons. The van der Waals surface area contributed by atoms with Gasteiger partial charge in [-0.05, 0) is 49.2 Å². The van der Waals surface area contributed by atoms with Crippen LogP contribution in [0.1, 0.15) is 39.5 Å². The number of nitrogens with zero attached hydrogens (tertiary/aromatic N) is 1. The predicted molar refractivity (Wildman–Crippen MR) is 119 cm³/mol. The van der Waals surface area contributed by atoms with Crippen LogP contribution >= 0.6 is 11.3 Å². The van der Waals surface area contributed by atoms with E-state index in [4.69, 9.17) is 4.74 Å². The van der Waals surface area contributed by atoms with Gasteiger partial charge in [0.05, 0.1) is 23.4 Å². The summed E-state index contributed by atoms with van der Waals surface area (Å²) < 4.78 is 8.58. The van der Waals surface area contributed by atoms with Gasteiger partial charge in [0.15, 0.2) is 0 Å². The Morgan fingerprint density at radius 3 is 2.66 bits per heavy atom. The van der Waals surface area contributed by atoms with E-state index in [1.54, 1.807) is 18.4 Å². The average Bonchev–Trinajstić information content (AvgIpc) is 3.25. The molecule has 0 unspecified atom stereocenters. The van der Waals surface area contributed by atoms with Crippen LogP contribution in [0.2, 0.25) is 0 Å². The lowest BCUT2D eigenvalue weighted by atomic mass is 10.1. The van der Waals surface area contributed by atoms with Crippen molar-refractivity contribution in [1.29, 1.82) is 0 Å². The van der Waals surface area contributed by atoms with Crippen molar-refractivity contribution >= 4 is 27.5 Å². The molecule has 0 bridgehead atoms. The molecule has 2 aromatic heterocycles. The van der Waals surface area contributed by atoms with Crippen LogP contribution in [0, 0.1) is 6.92 Å². The fourth-order valence-corrected chi connectivity index (χ4v) is 4.53. The van der Waals surface area contributed by atoms with Gasteiger partial charge in [0.1, 0.15) is 11.4 Å². The van der Waals surface area contributed by atoms with E-state index in [1.165, 1.54) is 4.88 Å². The van der Waals surface area contributed by atoms with Gasteiger partial charge < -0.3 is 14.6 Å². The van der Waals surface area contributed by atoms with Crippen LogP contribution in [0.25, 0.3) is 10.2 Å². The van der Waals surface area contributed by atoms with Crippen LogP contribution < -0.4 is 10.1 Å². The lowest BCUT2D eigenvalue weighted by Gasteiger charge is -2.16. The van der Waals surface area contributed by atoms with E-state index >= 15 is 0 Å². The fourth-order valence-electron chi connectivity index (χ4n) is 3.57. The number of carbonyl (C=O) groups excluding carboxylic acids is 1. The summed E-state index contributed by atoms with van der Waals surface area (Å²) >= 11 is 1.71. The highest BCUT2D eigenvalue weighted by atomic mass is 32.1. The molecule has 0 fully saturated rings. The minimum absolute atomic E-state index is 0.0645. The van der Waals surface area contributed by atoms with Gasteiger partial charge in [0, 0.05) is 11.4 Å². The molecule has 4 nitrogen and oxygen atoms in total. The molecular weight excluding hydrogens is 380 g/mol. The number of aryl methyl sites for hydroxylation is 1. The van der Waals surface area contributed by atoms with Crippen LogP contribution in [-0.4, -0.2) is 17.6 Å². The number of hydrogen-bond donors (Lipinski definition) is 1. The van der Waals surface area contributed by atoms with Crippen LogP contribution in [-0.2, 0) is 6.54 Å². The zero-order chi connectivity index (χ0) is 20.4. The van der Waals surface area contributed by atoms with Crippen molar-refractivity contribution in [1.82, 2.24) is 9.88 Å². The maximum atomic E-state index is 13.2. The van der Waals surface area contributed by atoms with Crippen LogP contribution in [0.3, 0.4) is 0 Å². The van der Waals surface area contributed by atoms with Crippen molar-refractivity contribution in [3.8, 4) is 5.75 Å². The molecule has 0 aliphatic rings. The van der Waals surface area contributed by atoms with Crippen LogP contribution in [0.15, 0.2) is 66.7 Å². The van der Waals surface area contributed by atoms with Gasteiger partial charge >= 0.3 is 0 Å². The summed E-state index contributed by atoms with van der Waals surface area (Å²) in [6.45, 7) is 4.71. The number of rotatable bonds is 6. The molecule has 0 saturated heterocycles. The Labute approximate surface area is 174 Å². The fraction of sp³-hybridized carbons (Fsp3) is 0.208. The zero-order valence-corrected chi connectivity index (χ0v) is 17.6. The number of nitrogens with one attached hydrogen (secondary N) is 1. The molecule has 0 radical (unpaired) electrons. The normalized spacial score (nSPS) is 12.1. The number of aromatic nitrogens is 1. The second-order valence-corrected chi connectivity index (χ2v) is 8.47. The van der Waals surface area contributed by atoms with Crippen LogP contribution in [0.5, 0.6) is 5.75 Å². The Morgan fingerprint density at radius 1 is 1.10 bits per heavy atom.